The molecule has 0 radical (unpaired) electrons. The van der Waals surface area contributed by atoms with Crippen molar-refractivity contribution in [3.63, 3.8) is 0 Å². The van der Waals surface area contributed by atoms with Gasteiger partial charge in [0.25, 0.3) is 0 Å². The third kappa shape index (κ3) is 4.47. The molecule has 1 amide bonds. The van der Waals surface area contributed by atoms with E-state index in [0.717, 1.165) is 12.0 Å². The Morgan fingerprint density at radius 2 is 1.80 bits per heavy atom. The van der Waals surface area contributed by atoms with Crippen molar-refractivity contribution in [2.75, 3.05) is 13.2 Å². The molecular formula is C16H23NO3. The molecule has 3 N–H and O–H groups in total. The second-order valence-corrected chi connectivity index (χ2v) is 4.87. The van der Waals surface area contributed by atoms with Crippen molar-refractivity contribution in [3.8, 4) is 0 Å². The highest BCUT2D eigenvalue weighted by molar-refractivity contribution is 5.92. The van der Waals surface area contributed by atoms with Crippen molar-refractivity contribution in [2.45, 2.75) is 32.2 Å². The van der Waals surface area contributed by atoms with Crippen LogP contribution < -0.4 is 5.32 Å². The quantitative estimate of drug-likeness (QED) is 0.662. The summed E-state index contributed by atoms with van der Waals surface area (Å²) in [6.45, 7) is 3.32. The van der Waals surface area contributed by atoms with E-state index in [4.69, 9.17) is 0 Å². The maximum atomic E-state index is 11.8. The molecule has 20 heavy (non-hydrogen) atoms. The van der Waals surface area contributed by atoms with E-state index in [0.29, 0.717) is 6.42 Å². The van der Waals surface area contributed by atoms with E-state index in [2.05, 4.69) is 12.2 Å². The summed E-state index contributed by atoms with van der Waals surface area (Å²) < 4.78 is 0. The largest absolute Gasteiger partial charge is 0.394 e. The smallest absolute Gasteiger partial charge is 0.244 e. The van der Waals surface area contributed by atoms with Crippen molar-refractivity contribution in [1.29, 1.82) is 0 Å². The highest BCUT2D eigenvalue weighted by Crippen LogP contribution is 2.09. The SMILES string of the molecule is CCc1ccc(/C=C/C(=O)NC(CC)(CO)CO)cc1. The molecule has 1 aromatic carbocycles. The van der Waals surface area contributed by atoms with Gasteiger partial charge in [-0.25, -0.2) is 0 Å². The van der Waals surface area contributed by atoms with Crippen LogP contribution in [-0.4, -0.2) is 34.9 Å². The summed E-state index contributed by atoms with van der Waals surface area (Å²) in [4.78, 5) is 11.8. The van der Waals surface area contributed by atoms with E-state index >= 15 is 0 Å². The molecule has 0 aliphatic carbocycles. The monoisotopic (exact) mass is 277 g/mol. The number of hydrogen-bond donors (Lipinski definition) is 3. The third-order valence-corrected chi connectivity index (χ3v) is 3.49. The molecule has 0 aliphatic heterocycles. The number of amides is 1. The van der Waals surface area contributed by atoms with Crippen molar-refractivity contribution in [3.05, 3.63) is 41.5 Å². The Labute approximate surface area is 120 Å². The van der Waals surface area contributed by atoms with Crippen LogP contribution >= 0.6 is 0 Å². The fourth-order valence-electron chi connectivity index (χ4n) is 1.78. The lowest BCUT2D eigenvalue weighted by atomic mass is 9.98. The molecule has 0 unspecified atom stereocenters. The number of benzene rings is 1. The van der Waals surface area contributed by atoms with Gasteiger partial charge >= 0.3 is 0 Å². The zero-order chi connectivity index (χ0) is 15.0. The zero-order valence-electron chi connectivity index (χ0n) is 12.1. The van der Waals surface area contributed by atoms with E-state index in [1.54, 1.807) is 13.0 Å². The fourth-order valence-corrected chi connectivity index (χ4v) is 1.78. The Kier molecular flexibility index (Phi) is 6.42. The van der Waals surface area contributed by atoms with Crippen molar-refractivity contribution >= 4 is 12.0 Å². The number of aliphatic hydroxyl groups is 2. The average molecular weight is 277 g/mol. The summed E-state index contributed by atoms with van der Waals surface area (Å²) in [6.07, 6.45) is 4.57. The molecule has 0 atom stereocenters. The number of aryl methyl sites for hydroxylation is 1. The Hall–Kier alpha value is -1.65. The number of carbonyl (C=O) groups is 1. The minimum atomic E-state index is -0.951. The molecule has 0 bridgehead atoms. The summed E-state index contributed by atoms with van der Waals surface area (Å²) in [5, 5.41) is 21.2. The van der Waals surface area contributed by atoms with Gasteiger partial charge in [-0.1, -0.05) is 38.1 Å². The molecule has 0 fully saturated rings. The first kappa shape index (κ1) is 16.4. The Morgan fingerprint density at radius 3 is 2.25 bits per heavy atom. The Bertz CT molecular complexity index is 439. The topological polar surface area (TPSA) is 69.6 Å². The first-order chi connectivity index (χ1) is 9.59. The van der Waals surface area contributed by atoms with Gasteiger partial charge in [-0.05, 0) is 30.0 Å². The van der Waals surface area contributed by atoms with Crippen LogP contribution in [0.5, 0.6) is 0 Å². The molecule has 0 aromatic heterocycles. The lowest BCUT2D eigenvalue weighted by molar-refractivity contribution is -0.119. The summed E-state index contributed by atoms with van der Waals surface area (Å²) in [7, 11) is 0. The van der Waals surface area contributed by atoms with Crippen LogP contribution in [0.1, 0.15) is 31.4 Å². The average Bonchev–Trinajstić information content (AvgIpc) is 2.51. The lowest BCUT2D eigenvalue weighted by Gasteiger charge is -2.29. The van der Waals surface area contributed by atoms with E-state index in [9.17, 15) is 15.0 Å². The maximum Gasteiger partial charge on any atom is 0.244 e. The summed E-state index contributed by atoms with van der Waals surface area (Å²) in [5.41, 5.74) is 1.23. The highest BCUT2D eigenvalue weighted by Gasteiger charge is 2.27. The number of carbonyl (C=O) groups excluding carboxylic acids is 1. The highest BCUT2D eigenvalue weighted by atomic mass is 16.3. The molecule has 0 spiro atoms. The van der Waals surface area contributed by atoms with Crippen LogP contribution in [0.4, 0.5) is 0 Å². The Balaban J connectivity index is 2.67. The second kappa shape index (κ2) is 7.82. The first-order valence-electron chi connectivity index (χ1n) is 6.90. The zero-order valence-corrected chi connectivity index (χ0v) is 12.1. The van der Waals surface area contributed by atoms with E-state index < -0.39 is 5.54 Å². The normalized spacial score (nSPS) is 11.8. The molecule has 0 saturated heterocycles. The maximum absolute atomic E-state index is 11.8. The number of rotatable bonds is 7. The van der Waals surface area contributed by atoms with Gasteiger partial charge in [0, 0.05) is 6.08 Å². The van der Waals surface area contributed by atoms with Crippen LogP contribution in [0.15, 0.2) is 30.3 Å². The molecule has 4 nitrogen and oxygen atoms in total. The van der Waals surface area contributed by atoms with Gasteiger partial charge in [0.1, 0.15) is 0 Å². The number of nitrogens with one attached hydrogen (secondary N) is 1. The van der Waals surface area contributed by atoms with Crippen LogP contribution in [0, 0.1) is 0 Å². The van der Waals surface area contributed by atoms with Gasteiger partial charge in [0.2, 0.25) is 5.91 Å². The van der Waals surface area contributed by atoms with E-state index in [1.807, 2.05) is 24.3 Å². The predicted molar refractivity (Wildman–Crippen MR) is 80.2 cm³/mol. The van der Waals surface area contributed by atoms with Crippen LogP contribution in [0.2, 0.25) is 0 Å². The summed E-state index contributed by atoms with van der Waals surface area (Å²) >= 11 is 0. The minimum Gasteiger partial charge on any atom is -0.394 e. The number of hydrogen-bond acceptors (Lipinski definition) is 3. The molecule has 0 saturated carbocycles. The van der Waals surface area contributed by atoms with Crippen LogP contribution in [0.3, 0.4) is 0 Å². The minimum absolute atomic E-state index is 0.287. The van der Waals surface area contributed by atoms with E-state index in [-0.39, 0.29) is 19.1 Å². The van der Waals surface area contributed by atoms with Gasteiger partial charge in [0.05, 0.1) is 18.8 Å². The van der Waals surface area contributed by atoms with Gasteiger partial charge in [-0.2, -0.15) is 0 Å². The first-order valence-corrected chi connectivity index (χ1v) is 6.90. The molecule has 0 aliphatic rings. The molecule has 110 valence electrons. The van der Waals surface area contributed by atoms with Gasteiger partial charge in [0.15, 0.2) is 0 Å². The third-order valence-electron chi connectivity index (χ3n) is 3.49. The van der Waals surface area contributed by atoms with Crippen LogP contribution in [0.25, 0.3) is 6.08 Å². The standard InChI is InChI=1S/C16H23NO3/c1-3-13-5-7-14(8-6-13)9-10-15(20)17-16(4-2,11-18)12-19/h5-10,18-19H,3-4,11-12H2,1-2H3,(H,17,20)/b10-9+. The van der Waals surface area contributed by atoms with Gasteiger partial charge < -0.3 is 15.5 Å². The van der Waals surface area contributed by atoms with Crippen LogP contribution in [-0.2, 0) is 11.2 Å². The molecule has 1 aromatic rings. The van der Waals surface area contributed by atoms with Crippen molar-refractivity contribution in [1.82, 2.24) is 5.32 Å². The van der Waals surface area contributed by atoms with Gasteiger partial charge in [-0.3, -0.25) is 4.79 Å². The Morgan fingerprint density at radius 1 is 1.20 bits per heavy atom. The van der Waals surface area contributed by atoms with Gasteiger partial charge in [-0.15, -0.1) is 0 Å². The molecular weight excluding hydrogens is 254 g/mol. The lowest BCUT2D eigenvalue weighted by Crippen LogP contribution is -2.53. The second-order valence-electron chi connectivity index (χ2n) is 4.87. The predicted octanol–water partition coefficient (Wildman–Crippen LogP) is 1.51. The molecule has 4 heteroatoms. The molecule has 1 rings (SSSR count). The van der Waals surface area contributed by atoms with Crippen molar-refractivity contribution in [2.24, 2.45) is 0 Å². The fraction of sp³-hybridized carbons (Fsp3) is 0.438. The summed E-state index contributed by atoms with van der Waals surface area (Å²) in [6, 6.07) is 7.95. The van der Waals surface area contributed by atoms with Crippen molar-refractivity contribution < 1.29 is 15.0 Å². The summed E-state index contributed by atoms with van der Waals surface area (Å²) in [5.74, 6) is -0.325. The number of aliphatic hydroxyl groups excluding tert-OH is 2. The van der Waals surface area contributed by atoms with E-state index in [1.165, 1.54) is 11.6 Å². The molecule has 0 heterocycles.